The largest absolute Gasteiger partial charge is 0.494 e. The Bertz CT molecular complexity index is 548. The first-order valence-electron chi connectivity index (χ1n) is 7.79. The van der Waals surface area contributed by atoms with Crippen molar-refractivity contribution in [3.63, 3.8) is 0 Å². The summed E-state index contributed by atoms with van der Waals surface area (Å²) in [6.45, 7) is 5.02. The lowest BCUT2D eigenvalue weighted by molar-refractivity contribution is 0.317. The maximum atomic E-state index is 6.34. The Hall–Kier alpha value is -1.80. The molecule has 2 rings (SSSR count). The highest BCUT2D eigenvalue weighted by molar-refractivity contribution is 5.32. The van der Waals surface area contributed by atoms with Crippen LogP contribution in [0.2, 0.25) is 0 Å². The predicted molar refractivity (Wildman–Crippen MR) is 88.7 cm³/mol. The minimum Gasteiger partial charge on any atom is -0.494 e. The first-order chi connectivity index (χ1) is 10.2. The molecule has 0 radical (unpaired) electrons. The Labute approximate surface area is 127 Å². The molecule has 0 amide bonds. The lowest BCUT2D eigenvalue weighted by Gasteiger charge is -2.14. The molecule has 21 heavy (non-hydrogen) atoms. The monoisotopic (exact) mass is 283 g/mol. The molecule has 0 bridgehead atoms. The van der Waals surface area contributed by atoms with E-state index >= 15 is 0 Å². The second kappa shape index (κ2) is 7.84. The van der Waals surface area contributed by atoms with Gasteiger partial charge in [-0.2, -0.15) is 0 Å². The van der Waals surface area contributed by atoms with Crippen molar-refractivity contribution < 1.29 is 4.74 Å². The lowest BCUT2D eigenvalue weighted by Crippen LogP contribution is -2.13. The summed E-state index contributed by atoms with van der Waals surface area (Å²) in [6, 6.07) is 16.9. The molecule has 0 spiro atoms. The van der Waals surface area contributed by atoms with Gasteiger partial charge in [0.25, 0.3) is 0 Å². The van der Waals surface area contributed by atoms with Crippen LogP contribution in [0.3, 0.4) is 0 Å². The molecule has 1 atom stereocenters. The van der Waals surface area contributed by atoms with Crippen molar-refractivity contribution >= 4 is 0 Å². The van der Waals surface area contributed by atoms with Gasteiger partial charge in [-0.1, -0.05) is 50.2 Å². The molecule has 2 aromatic carbocycles. The summed E-state index contributed by atoms with van der Waals surface area (Å²) in [4.78, 5) is 0. The van der Waals surface area contributed by atoms with E-state index in [1.807, 2.05) is 12.1 Å². The van der Waals surface area contributed by atoms with Crippen molar-refractivity contribution in [3.8, 4) is 5.75 Å². The standard InChI is InChI=1S/C19H25NO/c1-3-12-21-18-7-5-6-17(14-18)19(20)13-16-10-8-15(4-2)9-11-16/h5-11,14,19H,3-4,12-13,20H2,1-2H3. The van der Waals surface area contributed by atoms with Gasteiger partial charge in [-0.3, -0.25) is 0 Å². The van der Waals surface area contributed by atoms with Crippen LogP contribution in [0.25, 0.3) is 0 Å². The van der Waals surface area contributed by atoms with Gasteiger partial charge in [-0.15, -0.1) is 0 Å². The first kappa shape index (κ1) is 15.6. The Morgan fingerprint density at radius 1 is 1.00 bits per heavy atom. The molecule has 0 saturated carbocycles. The Morgan fingerprint density at radius 3 is 2.38 bits per heavy atom. The van der Waals surface area contributed by atoms with E-state index in [9.17, 15) is 0 Å². The first-order valence-corrected chi connectivity index (χ1v) is 7.79. The number of aryl methyl sites for hydroxylation is 1. The van der Waals surface area contributed by atoms with Crippen molar-refractivity contribution in [3.05, 3.63) is 65.2 Å². The molecule has 0 aliphatic carbocycles. The summed E-state index contributed by atoms with van der Waals surface area (Å²) in [5, 5.41) is 0. The van der Waals surface area contributed by atoms with E-state index in [0.717, 1.165) is 37.2 Å². The number of benzene rings is 2. The fraction of sp³-hybridized carbons (Fsp3) is 0.368. The van der Waals surface area contributed by atoms with Gasteiger partial charge in [0, 0.05) is 6.04 Å². The van der Waals surface area contributed by atoms with Crippen LogP contribution < -0.4 is 10.5 Å². The molecule has 2 nitrogen and oxygen atoms in total. The highest BCUT2D eigenvalue weighted by atomic mass is 16.5. The third kappa shape index (κ3) is 4.61. The maximum Gasteiger partial charge on any atom is 0.119 e. The fourth-order valence-electron chi connectivity index (χ4n) is 2.34. The van der Waals surface area contributed by atoms with Crippen LogP contribution in [0.5, 0.6) is 5.75 Å². The second-order valence-electron chi connectivity index (χ2n) is 5.40. The van der Waals surface area contributed by atoms with Crippen molar-refractivity contribution in [2.24, 2.45) is 5.73 Å². The summed E-state index contributed by atoms with van der Waals surface area (Å²) in [6.07, 6.45) is 2.93. The van der Waals surface area contributed by atoms with E-state index in [1.54, 1.807) is 0 Å². The van der Waals surface area contributed by atoms with Gasteiger partial charge in [-0.25, -0.2) is 0 Å². The number of rotatable bonds is 7. The lowest BCUT2D eigenvalue weighted by atomic mass is 9.98. The highest BCUT2D eigenvalue weighted by Gasteiger charge is 2.08. The summed E-state index contributed by atoms with van der Waals surface area (Å²) in [5.74, 6) is 0.908. The SMILES string of the molecule is CCCOc1cccc(C(N)Cc2ccc(CC)cc2)c1. The quantitative estimate of drug-likeness (QED) is 0.823. The summed E-state index contributed by atoms with van der Waals surface area (Å²) >= 11 is 0. The van der Waals surface area contributed by atoms with Gasteiger partial charge in [0.1, 0.15) is 5.75 Å². The predicted octanol–water partition coefficient (Wildman–Crippen LogP) is 4.28. The molecule has 2 heteroatoms. The van der Waals surface area contributed by atoms with Crippen LogP contribution in [-0.4, -0.2) is 6.61 Å². The third-order valence-electron chi connectivity index (χ3n) is 3.65. The molecule has 112 valence electrons. The van der Waals surface area contributed by atoms with Crippen LogP contribution >= 0.6 is 0 Å². The molecule has 0 fully saturated rings. The Kier molecular flexibility index (Phi) is 5.82. The van der Waals surface area contributed by atoms with E-state index < -0.39 is 0 Å². The Balaban J connectivity index is 2.03. The molecule has 0 saturated heterocycles. The number of hydrogen-bond donors (Lipinski definition) is 1. The number of ether oxygens (including phenoxy) is 1. The molecular formula is C19H25NO. The van der Waals surface area contributed by atoms with Gasteiger partial charge in [0.2, 0.25) is 0 Å². The minimum absolute atomic E-state index is 0.00246. The molecule has 1 unspecified atom stereocenters. The van der Waals surface area contributed by atoms with E-state index in [-0.39, 0.29) is 6.04 Å². The molecular weight excluding hydrogens is 258 g/mol. The van der Waals surface area contributed by atoms with Crippen LogP contribution in [0.4, 0.5) is 0 Å². The van der Waals surface area contributed by atoms with Crippen LogP contribution in [0.15, 0.2) is 48.5 Å². The highest BCUT2D eigenvalue weighted by Crippen LogP contribution is 2.21. The van der Waals surface area contributed by atoms with E-state index in [2.05, 4.69) is 50.2 Å². The number of nitrogens with two attached hydrogens (primary N) is 1. The van der Waals surface area contributed by atoms with Gasteiger partial charge in [-0.05, 0) is 48.1 Å². The van der Waals surface area contributed by atoms with Crippen molar-refractivity contribution in [1.29, 1.82) is 0 Å². The molecule has 2 aromatic rings. The zero-order valence-electron chi connectivity index (χ0n) is 13.0. The van der Waals surface area contributed by atoms with Crippen LogP contribution in [-0.2, 0) is 12.8 Å². The average Bonchev–Trinajstić information content (AvgIpc) is 2.54. The van der Waals surface area contributed by atoms with Crippen molar-refractivity contribution in [2.45, 2.75) is 39.2 Å². The summed E-state index contributed by atoms with van der Waals surface area (Å²) < 4.78 is 5.67. The average molecular weight is 283 g/mol. The topological polar surface area (TPSA) is 35.2 Å². The third-order valence-corrected chi connectivity index (χ3v) is 3.65. The number of hydrogen-bond acceptors (Lipinski definition) is 2. The molecule has 0 aliphatic heterocycles. The Morgan fingerprint density at radius 2 is 1.71 bits per heavy atom. The maximum absolute atomic E-state index is 6.34. The smallest absolute Gasteiger partial charge is 0.119 e. The molecule has 0 aliphatic rings. The zero-order chi connectivity index (χ0) is 15.1. The zero-order valence-corrected chi connectivity index (χ0v) is 13.0. The molecule has 0 aromatic heterocycles. The van der Waals surface area contributed by atoms with E-state index in [0.29, 0.717) is 0 Å². The minimum atomic E-state index is 0.00246. The van der Waals surface area contributed by atoms with Gasteiger partial charge in [0.05, 0.1) is 6.61 Å². The van der Waals surface area contributed by atoms with Crippen molar-refractivity contribution in [2.75, 3.05) is 6.61 Å². The molecule has 2 N–H and O–H groups in total. The molecule has 0 heterocycles. The van der Waals surface area contributed by atoms with E-state index in [1.165, 1.54) is 11.1 Å². The van der Waals surface area contributed by atoms with Crippen molar-refractivity contribution in [1.82, 2.24) is 0 Å². The summed E-state index contributed by atoms with van der Waals surface area (Å²) in [7, 11) is 0. The van der Waals surface area contributed by atoms with Gasteiger partial charge >= 0.3 is 0 Å². The van der Waals surface area contributed by atoms with Gasteiger partial charge < -0.3 is 10.5 Å². The fourth-order valence-corrected chi connectivity index (χ4v) is 2.34. The van der Waals surface area contributed by atoms with Gasteiger partial charge in [0.15, 0.2) is 0 Å². The normalized spacial score (nSPS) is 12.1. The summed E-state index contributed by atoms with van der Waals surface area (Å²) in [5.41, 5.74) is 10.1. The van der Waals surface area contributed by atoms with Crippen LogP contribution in [0, 0.1) is 0 Å². The second-order valence-corrected chi connectivity index (χ2v) is 5.40. The van der Waals surface area contributed by atoms with E-state index in [4.69, 9.17) is 10.5 Å². The van der Waals surface area contributed by atoms with Crippen LogP contribution in [0.1, 0.15) is 43.0 Å².